The predicted octanol–water partition coefficient (Wildman–Crippen LogP) is 1.74. The molecule has 1 saturated carbocycles. The smallest absolute Gasteiger partial charge is 0.410 e. The van der Waals surface area contributed by atoms with Crippen molar-refractivity contribution in [3.63, 3.8) is 0 Å². The molecule has 1 unspecified atom stereocenters. The van der Waals surface area contributed by atoms with Crippen molar-refractivity contribution in [2.24, 2.45) is 11.7 Å². The molecule has 0 bridgehead atoms. The summed E-state index contributed by atoms with van der Waals surface area (Å²) in [4.78, 5) is 13.7. The van der Waals surface area contributed by atoms with Crippen LogP contribution in [0.2, 0.25) is 0 Å². The van der Waals surface area contributed by atoms with Gasteiger partial charge in [-0.1, -0.05) is 19.3 Å². The van der Waals surface area contributed by atoms with Crippen LogP contribution in [-0.2, 0) is 4.74 Å². The van der Waals surface area contributed by atoms with Crippen molar-refractivity contribution < 1.29 is 9.53 Å². The SMILES string of the molecule is NCCC1COC(=O)N(C2CCCCC2)C1. The molecular weight excluding hydrogens is 204 g/mol. The summed E-state index contributed by atoms with van der Waals surface area (Å²) < 4.78 is 5.24. The van der Waals surface area contributed by atoms with E-state index in [-0.39, 0.29) is 6.09 Å². The highest BCUT2D eigenvalue weighted by molar-refractivity contribution is 5.68. The molecule has 0 spiro atoms. The van der Waals surface area contributed by atoms with Gasteiger partial charge in [0.15, 0.2) is 0 Å². The van der Waals surface area contributed by atoms with Crippen LogP contribution in [0.15, 0.2) is 0 Å². The second-order valence-corrected chi connectivity index (χ2v) is 4.96. The van der Waals surface area contributed by atoms with Gasteiger partial charge in [-0.05, 0) is 25.8 Å². The standard InChI is InChI=1S/C12H22N2O2/c13-7-6-10-8-14(12(15)16-9-10)11-4-2-1-3-5-11/h10-11H,1-9,13H2. The quantitative estimate of drug-likeness (QED) is 0.797. The Morgan fingerprint density at radius 2 is 2.06 bits per heavy atom. The maximum absolute atomic E-state index is 11.7. The van der Waals surface area contributed by atoms with Gasteiger partial charge in [-0.3, -0.25) is 0 Å². The van der Waals surface area contributed by atoms with Crippen molar-refractivity contribution >= 4 is 6.09 Å². The topological polar surface area (TPSA) is 55.6 Å². The van der Waals surface area contributed by atoms with Gasteiger partial charge >= 0.3 is 6.09 Å². The van der Waals surface area contributed by atoms with E-state index in [2.05, 4.69) is 0 Å². The first-order valence-electron chi connectivity index (χ1n) is 6.44. The van der Waals surface area contributed by atoms with E-state index < -0.39 is 0 Å². The Bertz CT molecular complexity index is 239. The minimum atomic E-state index is -0.111. The van der Waals surface area contributed by atoms with Crippen LogP contribution in [0.25, 0.3) is 0 Å². The molecule has 2 N–H and O–H groups in total. The van der Waals surface area contributed by atoms with E-state index in [1.165, 1.54) is 19.3 Å². The Morgan fingerprint density at radius 3 is 2.75 bits per heavy atom. The van der Waals surface area contributed by atoms with Gasteiger partial charge in [0.1, 0.15) is 0 Å². The van der Waals surface area contributed by atoms with Crippen molar-refractivity contribution in [3.8, 4) is 0 Å². The average molecular weight is 226 g/mol. The van der Waals surface area contributed by atoms with Crippen molar-refractivity contribution in [2.45, 2.75) is 44.6 Å². The van der Waals surface area contributed by atoms with Crippen LogP contribution in [0, 0.1) is 5.92 Å². The second kappa shape index (κ2) is 5.53. The van der Waals surface area contributed by atoms with E-state index in [1.54, 1.807) is 0 Å². The number of hydrogen-bond donors (Lipinski definition) is 1. The number of carbonyl (C=O) groups excluding carboxylic acids is 1. The number of ether oxygens (including phenoxy) is 1. The lowest BCUT2D eigenvalue weighted by atomic mass is 9.93. The Morgan fingerprint density at radius 1 is 1.31 bits per heavy atom. The van der Waals surface area contributed by atoms with Gasteiger partial charge in [-0.25, -0.2) is 4.79 Å². The third-order valence-electron chi connectivity index (χ3n) is 3.72. The van der Waals surface area contributed by atoms with Crippen molar-refractivity contribution in [1.29, 1.82) is 0 Å². The first-order chi connectivity index (χ1) is 7.81. The van der Waals surface area contributed by atoms with E-state index >= 15 is 0 Å². The van der Waals surface area contributed by atoms with Gasteiger partial charge in [0.05, 0.1) is 6.61 Å². The molecule has 4 nitrogen and oxygen atoms in total. The van der Waals surface area contributed by atoms with Gasteiger partial charge in [0.25, 0.3) is 0 Å². The monoisotopic (exact) mass is 226 g/mol. The first kappa shape index (κ1) is 11.7. The summed E-state index contributed by atoms with van der Waals surface area (Å²) in [6.07, 6.45) is 6.93. The largest absolute Gasteiger partial charge is 0.449 e. The molecule has 92 valence electrons. The molecule has 0 aromatic carbocycles. The molecule has 1 heterocycles. The fraction of sp³-hybridized carbons (Fsp3) is 0.917. The van der Waals surface area contributed by atoms with Crippen LogP contribution >= 0.6 is 0 Å². The number of carbonyl (C=O) groups is 1. The third-order valence-corrected chi connectivity index (χ3v) is 3.72. The summed E-state index contributed by atoms with van der Waals surface area (Å²) in [5.74, 6) is 0.435. The van der Waals surface area contributed by atoms with E-state index in [0.29, 0.717) is 25.1 Å². The third kappa shape index (κ3) is 2.67. The van der Waals surface area contributed by atoms with Gasteiger partial charge in [0, 0.05) is 18.5 Å². The molecule has 16 heavy (non-hydrogen) atoms. The predicted molar refractivity (Wildman–Crippen MR) is 62.1 cm³/mol. The molecule has 0 aromatic rings. The molecular formula is C12H22N2O2. The zero-order valence-corrected chi connectivity index (χ0v) is 9.86. The number of rotatable bonds is 3. The summed E-state index contributed by atoms with van der Waals surface area (Å²) in [5.41, 5.74) is 5.56. The Labute approximate surface area is 97.1 Å². The maximum Gasteiger partial charge on any atom is 0.410 e. The van der Waals surface area contributed by atoms with Crippen LogP contribution in [0.5, 0.6) is 0 Å². The summed E-state index contributed by atoms with van der Waals surface area (Å²) in [6.45, 7) is 2.08. The minimum Gasteiger partial charge on any atom is -0.449 e. The highest BCUT2D eigenvalue weighted by Gasteiger charge is 2.32. The molecule has 4 heteroatoms. The molecule has 1 aliphatic heterocycles. The van der Waals surface area contributed by atoms with Crippen LogP contribution in [0.4, 0.5) is 4.79 Å². The molecule has 2 rings (SSSR count). The van der Waals surface area contributed by atoms with Crippen LogP contribution in [-0.4, -0.2) is 36.7 Å². The number of nitrogens with zero attached hydrogens (tertiary/aromatic N) is 1. The molecule has 1 saturated heterocycles. The average Bonchev–Trinajstić information content (AvgIpc) is 2.33. The lowest BCUT2D eigenvalue weighted by Crippen LogP contribution is -2.49. The maximum atomic E-state index is 11.7. The van der Waals surface area contributed by atoms with Crippen molar-refractivity contribution in [2.75, 3.05) is 19.7 Å². The highest BCUT2D eigenvalue weighted by atomic mass is 16.6. The van der Waals surface area contributed by atoms with E-state index in [0.717, 1.165) is 25.8 Å². The molecule has 0 radical (unpaired) electrons. The Kier molecular flexibility index (Phi) is 4.04. The highest BCUT2D eigenvalue weighted by Crippen LogP contribution is 2.26. The molecule has 1 aliphatic carbocycles. The van der Waals surface area contributed by atoms with Crippen LogP contribution in [0.3, 0.4) is 0 Å². The lowest BCUT2D eigenvalue weighted by Gasteiger charge is -2.39. The summed E-state index contributed by atoms with van der Waals surface area (Å²) in [5, 5.41) is 0. The molecule has 2 aliphatic rings. The number of hydrogen-bond acceptors (Lipinski definition) is 3. The van der Waals surface area contributed by atoms with E-state index in [9.17, 15) is 4.79 Å². The normalized spacial score (nSPS) is 27.9. The summed E-state index contributed by atoms with van der Waals surface area (Å²) >= 11 is 0. The fourth-order valence-corrected chi connectivity index (χ4v) is 2.78. The molecule has 1 atom stereocenters. The van der Waals surface area contributed by atoms with Crippen molar-refractivity contribution in [1.82, 2.24) is 4.90 Å². The second-order valence-electron chi connectivity index (χ2n) is 4.96. The van der Waals surface area contributed by atoms with Gasteiger partial charge in [0.2, 0.25) is 0 Å². The number of amides is 1. The van der Waals surface area contributed by atoms with Gasteiger partial charge in [-0.15, -0.1) is 0 Å². The zero-order chi connectivity index (χ0) is 11.4. The molecule has 2 fully saturated rings. The Hall–Kier alpha value is -0.770. The van der Waals surface area contributed by atoms with Crippen LogP contribution in [0.1, 0.15) is 38.5 Å². The van der Waals surface area contributed by atoms with Gasteiger partial charge in [-0.2, -0.15) is 0 Å². The van der Waals surface area contributed by atoms with Crippen molar-refractivity contribution in [3.05, 3.63) is 0 Å². The van der Waals surface area contributed by atoms with E-state index in [4.69, 9.17) is 10.5 Å². The first-order valence-corrected chi connectivity index (χ1v) is 6.44. The summed E-state index contributed by atoms with van der Waals surface area (Å²) in [7, 11) is 0. The Balaban J connectivity index is 1.91. The lowest BCUT2D eigenvalue weighted by molar-refractivity contribution is 0.0178. The zero-order valence-electron chi connectivity index (χ0n) is 9.86. The number of nitrogens with two attached hydrogens (primary N) is 1. The fourth-order valence-electron chi connectivity index (χ4n) is 2.78. The van der Waals surface area contributed by atoms with E-state index in [1.807, 2.05) is 4.90 Å². The number of cyclic esters (lactones) is 1. The molecule has 0 aromatic heterocycles. The van der Waals surface area contributed by atoms with Crippen LogP contribution < -0.4 is 5.73 Å². The molecule has 1 amide bonds. The van der Waals surface area contributed by atoms with Gasteiger partial charge < -0.3 is 15.4 Å². The minimum absolute atomic E-state index is 0.111. The summed E-state index contributed by atoms with van der Waals surface area (Å²) in [6, 6.07) is 0.418.